The van der Waals surface area contributed by atoms with Gasteiger partial charge in [0.2, 0.25) is 0 Å². The summed E-state index contributed by atoms with van der Waals surface area (Å²) in [6, 6.07) is 15.4. The van der Waals surface area contributed by atoms with Gasteiger partial charge in [0.25, 0.3) is 5.91 Å². The van der Waals surface area contributed by atoms with Gasteiger partial charge in [-0.2, -0.15) is 0 Å². The first kappa shape index (κ1) is 13.6. The van der Waals surface area contributed by atoms with Gasteiger partial charge in [0.05, 0.1) is 17.3 Å². The Hall–Kier alpha value is -2.40. The van der Waals surface area contributed by atoms with Crippen LogP contribution in [0.4, 0.5) is 0 Å². The molecule has 0 unspecified atom stereocenters. The third kappa shape index (κ3) is 3.03. The molecule has 21 heavy (non-hydrogen) atoms. The van der Waals surface area contributed by atoms with Gasteiger partial charge in [-0.15, -0.1) is 11.3 Å². The van der Waals surface area contributed by atoms with Crippen LogP contribution >= 0.6 is 11.3 Å². The monoisotopic (exact) mass is 298 g/mol. The van der Waals surface area contributed by atoms with Crippen LogP contribution in [0, 0.1) is 0 Å². The van der Waals surface area contributed by atoms with Crippen LogP contribution in [0.3, 0.4) is 0 Å². The van der Waals surface area contributed by atoms with E-state index in [1.807, 2.05) is 48.5 Å². The minimum atomic E-state index is -0.154. The Bertz CT molecular complexity index is 750. The van der Waals surface area contributed by atoms with Crippen molar-refractivity contribution in [2.45, 2.75) is 6.54 Å². The Morgan fingerprint density at radius 2 is 2.10 bits per heavy atom. The molecule has 0 bridgehead atoms. The Kier molecular flexibility index (Phi) is 3.83. The SMILES string of the molecule is COc1cccc(CNC(=O)c2nc3ccccc3s2)c1. The maximum Gasteiger partial charge on any atom is 0.280 e. The Labute approximate surface area is 126 Å². The standard InChI is InChI=1S/C16H14N2O2S/c1-20-12-6-4-5-11(9-12)10-17-15(19)16-18-13-7-2-3-8-14(13)21-16/h2-9H,10H2,1H3,(H,17,19). The molecule has 1 amide bonds. The second-order valence-electron chi connectivity index (χ2n) is 4.52. The average Bonchev–Trinajstić information content (AvgIpc) is 2.97. The normalized spacial score (nSPS) is 10.5. The highest BCUT2D eigenvalue weighted by Crippen LogP contribution is 2.21. The summed E-state index contributed by atoms with van der Waals surface area (Å²) >= 11 is 1.40. The molecule has 5 heteroatoms. The van der Waals surface area contributed by atoms with Crippen LogP contribution in [0.5, 0.6) is 5.75 Å². The van der Waals surface area contributed by atoms with Crippen molar-refractivity contribution < 1.29 is 9.53 Å². The lowest BCUT2D eigenvalue weighted by Crippen LogP contribution is -2.22. The van der Waals surface area contributed by atoms with Crippen LogP contribution in [0.15, 0.2) is 48.5 Å². The summed E-state index contributed by atoms with van der Waals surface area (Å²) < 4.78 is 6.18. The maximum atomic E-state index is 12.1. The smallest absolute Gasteiger partial charge is 0.280 e. The van der Waals surface area contributed by atoms with Crippen LogP contribution in [-0.2, 0) is 6.54 Å². The molecule has 0 fully saturated rings. The highest BCUT2D eigenvalue weighted by molar-refractivity contribution is 7.20. The minimum Gasteiger partial charge on any atom is -0.497 e. The number of methoxy groups -OCH3 is 1. The number of carbonyl (C=O) groups excluding carboxylic acids is 1. The Balaban J connectivity index is 1.71. The predicted octanol–water partition coefficient (Wildman–Crippen LogP) is 3.23. The van der Waals surface area contributed by atoms with E-state index in [2.05, 4.69) is 10.3 Å². The number of carbonyl (C=O) groups is 1. The number of ether oxygens (including phenoxy) is 1. The number of thiazole rings is 1. The molecule has 0 spiro atoms. The van der Waals surface area contributed by atoms with Gasteiger partial charge in [0.15, 0.2) is 5.01 Å². The van der Waals surface area contributed by atoms with Gasteiger partial charge in [0.1, 0.15) is 5.75 Å². The Morgan fingerprint density at radius 3 is 2.90 bits per heavy atom. The molecule has 0 radical (unpaired) electrons. The number of benzene rings is 2. The lowest BCUT2D eigenvalue weighted by Gasteiger charge is -2.05. The molecule has 4 nitrogen and oxygen atoms in total. The molecule has 3 rings (SSSR count). The number of rotatable bonds is 4. The molecular weight excluding hydrogens is 284 g/mol. The van der Waals surface area contributed by atoms with Crippen molar-refractivity contribution in [2.24, 2.45) is 0 Å². The van der Waals surface area contributed by atoms with Crippen molar-refractivity contribution >= 4 is 27.5 Å². The number of nitrogens with one attached hydrogen (secondary N) is 1. The molecule has 0 saturated heterocycles. The lowest BCUT2D eigenvalue weighted by molar-refractivity contribution is 0.0950. The second-order valence-corrected chi connectivity index (χ2v) is 5.55. The van der Waals surface area contributed by atoms with Crippen molar-refractivity contribution in [3.05, 3.63) is 59.1 Å². The highest BCUT2D eigenvalue weighted by Gasteiger charge is 2.11. The number of para-hydroxylation sites is 1. The fourth-order valence-corrected chi connectivity index (χ4v) is 2.89. The van der Waals surface area contributed by atoms with Crippen LogP contribution < -0.4 is 10.1 Å². The van der Waals surface area contributed by atoms with Gasteiger partial charge in [-0.1, -0.05) is 24.3 Å². The van der Waals surface area contributed by atoms with Crippen LogP contribution in [0.2, 0.25) is 0 Å². The first-order valence-electron chi connectivity index (χ1n) is 6.53. The van der Waals surface area contributed by atoms with E-state index in [-0.39, 0.29) is 5.91 Å². The van der Waals surface area contributed by atoms with E-state index >= 15 is 0 Å². The molecule has 0 aliphatic heterocycles. The highest BCUT2D eigenvalue weighted by atomic mass is 32.1. The molecule has 2 aromatic carbocycles. The molecule has 0 aliphatic rings. The summed E-state index contributed by atoms with van der Waals surface area (Å²) in [5.74, 6) is 0.626. The summed E-state index contributed by atoms with van der Waals surface area (Å²) in [6.45, 7) is 0.450. The largest absolute Gasteiger partial charge is 0.497 e. The number of hydrogen-bond acceptors (Lipinski definition) is 4. The van der Waals surface area contributed by atoms with E-state index in [1.54, 1.807) is 7.11 Å². The van der Waals surface area contributed by atoms with Gasteiger partial charge < -0.3 is 10.1 Å². The van der Waals surface area contributed by atoms with Crippen molar-refractivity contribution in [3.8, 4) is 5.75 Å². The van der Waals surface area contributed by atoms with E-state index in [0.29, 0.717) is 11.6 Å². The average molecular weight is 298 g/mol. The quantitative estimate of drug-likeness (QED) is 0.804. The van der Waals surface area contributed by atoms with E-state index in [9.17, 15) is 4.79 Å². The molecule has 0 atom stereocenters. The van der Waals surface area contributed by atoms with Crippen LogP contribution in [-0.4, -0.2) is 18.0 Å². The van der Waals surface area contributed by atoms with Gasteiger partial charge in [-0.25, -0.2) is 4.98 Å². The first-order chi connectivity index (χ1) is 10.3. The fourth-order valence-electron chi connectivity index (χ4n) is 2.01. The number of fused-ring (bicyclic) bond motifs is 1. The van der Waals surface area contributed by atoms with E-state index in [4.69, 9.17) is 4.74 Å². The maximum absolute atomic E-state index is 12.1. The Morgan fingerprint density at radius 1 is 1.24 bits per heavy atom. The van der Waals surface area contributed by atoms with E-state index < -0.39 is 0 Å². The van der Waals surface area contributed by atoms with E-state index in [1.165, 1.54) is 11.3 Å². The van der Waals surface area contributed by atoms with Crippen molar-refractivity contribution in [2.75, 3.05) is 7.11 Å². The molecule has 1 N–H and O–H groups in total. The lowest BCUT2D eigenvalue weighted by atomic mass is 10.2. The van der Waals surface area contributed by atoms with Crippen LogP contribution in [0.1, 0.15) is 15.4 Å². The predicted molar refractivity (Wildman–Crippen MR) is 83.8 cm³/mol. The van der Waals surface area contributed by atoms with Gasteiger partial charge in [0, 0.05) is 6.54 Å². The minimum absolute atomic E-state index is 0.154. The van der Waals surface area contributed by atoms with Crippen molar-refractivity contribution in [1.29, 1.82) is 0 Å². The summed E-state index contributed by atoms with van der Waals surface area (Å²) in [4.78, 5) is 16.5. The van der Waals surface area contributed by atoms with Gasteiger partial charge in [-0.3, -0.25) is 4.79 Å². The molecular formula is C16H14N2O2S. The molecule has 3 aromatic rings. The summed E-state index contributed by atoms with van der Waals surface area (Å²) in [5, 5.41) is 3.37. The first-order valence-corrected chi connectivity index (χ1v) is 7.34. The zero-order valence-electron chi connectivity index (χ0n) is 11.5. The summed E-state index contributed by atoms with van der Waals surface area (Å²) in [6.07, 6.45) is 0. The topological polar surface area (TPSA) is 51.2 Å². The molecule has 0 saturated carbocycles. The second kappa shape index (κ2) is 5.93. The van der Waals surface area contributed by atoms with Gasteiger partial charge >= 0.3 is 0 Å². The van der Waals surface area contributed by atoms with Gasteiger partial charge in [-0.05, 0) is 29.8 Å². The molecule has 1 heterocycles. The zero-order valence-corrected chi connectivity index (χ0v) is 12.3. The van der Waals surface area contributed by atoms with Crippen molar-refractivity contribution in [1.82, 2.24) is 10.3 Å². The zero-order chi connectivity index (χ0) is 14.7. The third-order valence-electron chi connectivity index (χ3n) is 3.08. The summed E-state index contributed by atoms with van der Waals surface area (Å²) in [7, 11) is 1.62. The fraction of sp³-hybridized carbons (Fsp3) is 0.125. The molecule has 0 aliphatic carbocycles. The molecule has 1 aromatic heterocycles. The summed E-state index contributed by atoms with van der Waals surface area (Å²) in [5.41, 5.74) is 1.85. The van der Waals surface area contributed by atoms with Crippen molar-refractivity contribution in [3.63, 3.8) is 0 Å². The number of hydrogen-bond donors (Lipinski definition) is 1. The van der Waals surface area contributed by atoms with E-state index in [0.717, 1.165) is 21.5 Å². The number of aromatic nitrogens is 1. The molecule has 106 valence electrons. The number of nitrogens with zero attached hydrogens (tertiary/aromatic N) is 1. The third-order valence-corrected chi connectivity index (χ3v) is 4.11. The van der Waals surface area contributed by atoms with Crippen LogP contribution in [0.25, 0.3) is 10.2 Å². The number of amides is 1.